The highest BCUT2D eigenvalue weighted by atomic mass is 16.4. The number of H-pyrrole nitrogens is 1. The van der Waals surface area contributed by atoms with E-state index in [0.29, 0.717) is 11.5 Å². The van der Waals surface area contributed by atoms with Gasteiger partial charge in [0.1, 0.15) is 5.82 Å². The summed E-state index contributed by atoms with van der Waals surface area (Å²) in [5.41, 5.74) is 0.506. The molecule has 0 aliphatic heterocycles. The van der Waals surface area contributed by atoms with Gasteiger partial charge >= 0.3 is 5.97 Å². The highest BCUT2D eigenvalue weighted by Gasteiger charge is 2.07. The van der Waals surface area contributed by atoms with Gasteiger partial charge in [0.05, 0.1) is 18.3 Å². The minimum Gasteiger partial charge on any atom is -0.481 e. The van der Waals surface area contributed by atoms with Crippen LogP contribution in [0.25, 0.3) is 5.78 Å². The topological polar surface area (TPSA) is 83.3 Å². The molecule has 0 unspecified atom stereocenters. The number of hydrogen-bond acceptors (Lipinski definition) is 3. The first-order chi connectivity index (χ1) is 6.15. The molecular weight excluding hydrogens is 172 g/mol. The first-order valence-corrected chi connectivity index (χ1v) is 3.77. The van der Waals surface area contributed by atoms with Crippen LogP contribution in [0.1, 0.15) is 11.5 Å². The fourth-order valence-electron chi connectivity index (χ4n) is 1.17. The highest BCUT2D eigenvalue weighted by molar-refractivity contribution is 5.69. The van der Waals surface area contributed by atoms with Crippen LogP contribution in [0.5, 0.6) is 0 Å². The van der Waals surface area contributed by atoms with Crippen LogP contribution in [0.2, 0.25) is 0 Å². The SMILES string of the molecule is Cc1nc2nc(CC(=O)O)cn2[nH]1. The van der Waals surface area contributed by atoms with Crippen molar-refractivity contribution in [2.45, 2.75) is 13.3 Å². The van der Waals surface area contributed by atoms with E-state index in [1.54, 1.807) is 10.7 Å². The number of fused-ring (bicyclic) bond motifs is 1. The van der Waals surface area contributed by atoms with Crippen LogP contribution in [-0.2, 0) is 11.2 Å². The third-order valence-corrected chi connectivity index (χ3v) is 1.62. The van der Waals surface area contributed by atoms with Crippen LogP contribution >= 0.6 is 0 Å². The Bertz CT molecular complexity index is 424. The number of carboxylic acids is 1. The van der Waals surface area contributed by atoms with E-state index in [4.69, 9.17) is 5.11 Å². The molecule has 2 N–H and O–H groups in total. The van der Waals surface area contributed by atoms with Crippen LogP contribution in [0.4, 0.5) is 0 Å². The van der Waals surface area contributed by atoms with Crippen LogP contribution in [-0.4, -0.2) is 30.7 Å². The molecule has 13 heavy (non-hydrogen) atoms. The van der Waals surface area contributed by atoms with Crippen molar-refractivity contribution in [2.24, 2.45) is 0 Å². The maximum absolute atomic E-state index is 10.4. The van der Waals surface area contributed by atoms with Gasteiger partial charge in [-0.3, -0.25) is 9.89 Å². The number of nitrogens with zero attached hydrogens (tertiary/aromatic N) is 3. The number of aromatic nitrogens is 4. The van der Waals surface area contributed by atoms with Crippen molar-refractivity contribution >= 4 is 11.7 Å². The monoisotopic (exact) mass is 180 g/mol. The Labute approximate surface area is 73.2 Å². The summed E-state index contributed by atoms with van der Waals surface area (Å²) in [5.74, 6) is 0.371. The molecule has 2 aromatic rings. The lowest BCUT2D eigenvalue weighted by molar-refractivity contribution is -0.136. The lowest BCUT2D eigenvalue weighted by Crippen LogP contribution is -2.00. The number of nitrogens with one attached hydrogen (secondary N) is 1. The van der Waals surface area contributed by atoms with E-state index < -0.39 is 5.97 Å². The van der Waals surface area contributed by atoms with Gasteiger partial charge in [-0.15, -0.1) is 0 Å². The Balaban J connectivity index is 2.39. The Morgan fingerprint density at radius 2 is 2.46 bits per heavy atom. The molecule has 0 fully saturated rings. The van der Waals surface area contributed by atoms with Crippen LogP contribution in [0.3, 0.4) is 0 Å². The van der Waals surface area contributed by atoms with Gasteiger partial charge in [0.2, 0.25) is 0 Å². The maximum atomic E-state index is 10.4. The molecular formula is C7H8N4O2. The number of aryl methyl sites for hydroxylation is 1. The molecule has 0 atom stereocenters. The predicted octanol–water partition coefficient (Wildman–Crippen LogP) is -0.00708. The lowest BCUT2D eigenvalue weighted by atomic mass is 10.3. The van der Waals surface area contributed by atoms with Crippen molar-refractivity contribution in [1.82, 2.24) is 19.6 Å². The van der Waals surface area contributed by atoms with Crippen molar-refractivity contribution in [2.75, 3.05) is 0 Å². The van der Waals surface area contributed by atoms with Crippen molar-refractivity contribution < 1.29 is 9.90 Å². The van der Waals surface area contributed by atoms with Crippen molar-refractivity contribution in [3.8, 4) is 0 Å². The van der Waals surface area contributed by atoms with Gasteiger partial charge in [-0.1, -0.05) is 0 Å². The van der Waals surface area contributed by atoms with E-state index in [0.717, 1.165) is 5.82 Å². The summed E-state index contributed by atoms with van der Waals surface area (Å²) in [5, 5.41) is 11.4. The van der Waals surface area contributed by atoms with Crippen LogP contribution in [0, 0.1) is 6.92 Å². The van der Waals surface area contributed by atoms with Crippen molar-refractivity contribution in [3.05, 3.63) is 17.7 Å². The summed E-state index contributed by atoms with van der Waals surface area (Å²) in [7, 11) is 0. The molecule has 0 aliphatic carbocycles. The van der Waals surface area contributed by atoms with Gasteiger partial charge in [-0.25, -0.2) is 9.50 Å². The second-order valence-electron chi connectivity index (χ2n) is 2.78. The fourth-order valence-corrected chi connectivity index (χ4v) is 1.17. The minimum atomic E-state index is -0.891. The second-order valence-corrected chi connectivity index (χ2v) is 2.78. The van der Waals surface area contributed by atoms with Crippen molar-refractivity contribution in [1.29, 1.82) is 0 Å². The minimum absolute atomic E-state index is 0.0732. The number of aliphatic carboxylic acids is 1. The molecule has 6 heteroatoms. The van der Waals surface area contributed by atoms with Crippen LogP contribution in [0.15, 0.2) is 6.20 Å². The van der Waals surface area contributed by atoms with Gasteiger partial charge < -0.3 is 5.11 Å². The van der Waals surface area contributed by atoms with E-state index in [9.17, 15) is 4.79 Å². The smallest absolute Gasteiger partial charge is 0.309 e. The van der Waals surface area contributed by atoms with E-state index in [1.165, 1.54) is 0 Å². The number of imidazole rings is 1. The van der Waals surface area contributed by atoms with Gasteiger partial charge in [0.25, 0.3) is 5.78 Å². The van der Waals surface area contributed by atoms with Gasteiger partial charge in [-0.2, -0.15) is 4.98 Å². The van der Waals surface area contributed by atoms with Gasteiger partial charge in [0, 0.05) is 0 Å². The number of aromatic amines is 1. The molecule has 0 aliphatic rings. The zero-order valence-corrected chi connectivity index (χ0v) is 6.98. The summed E-state index contributed by atoms with van der Waals surface area (Å²) >= 11 is 0. The molecule has 0 radical (unpaired) electrons. The highest BCUT2D eigenvalue weighted by Crippen LogP contribution is 2.02. The molecule has 6 nitrogen and oxygen atoms in total. The first-order valence-electron chi connectivity index (χ1n) is 3.77. The van der Waals surface area contributed by atoms with Gasteiger partial charge in [-0.05, 0) is 6.92 Å². The quantitative estimate of drug-likeness (QED) is 0.681. The molecule has 0 saturated carbocycles. The Hall–Kier alpha value is -1.85. The first kappa shape index (κ1) is 7.78. The number of carbonyl (C=O) groups is 1. The zero-order valence-electron chi connectivity index (χ0n) is 6.98. The molecule has 2 aromatic heterocycles. The third-order valence-electron chi connectivity index (χ3n) is 1.62. The average Bonchev–Trinajstić information content (AvgIpc) is 2.41. The number of hydrogen-bond donors (Lipinski definition) is 2. The fraction of sp³-hybridized carbons (Fsp3) is 0.286. The Morgan fingerprint density at radius 3 is 3.08 bits per heavy atom. The molecule has 2 rings (SSSR count). The molecule has 0 bridgehead atoms. The maximum Gasteiger partial charge on any atom is 0.309 e. The number of carboxylic acid groups (broad SMARTS) is 1. The predicted molar refractivity (Wildman–Crippen MR) is 43.4 cm³/mol. The third kappa shape index (κ3) is 1.37. The van der Waals surface area contributed by atoms with Gasteiger partial charge in [0.15, 0.2) is 0 Å². The van der Waals surface area contributed by atoms with E-state index in [2.05, 4.69) is 15.1 Å². The Morgan fingerprint density at radius 1 is 1.69 bits per heavy atom. The molecule has 68 valence electrons. The Kier molecular flexibility index (Phi) is 1.54. The lowest BCUT2D eigenvalue weighted by Gasteiger charge is -1.85. The molecule has 0 amide bonds. The number of rotatable bonds is 2. The average molecular weight is 180 g/mol. The molecule has 0 aromatic carbocycles. The summed E-state index contributed by atoms with van der Waals surface area (Å²) in [6.07, 6.45) is 1.56. The molecule has 0 spiro atoms. The summed E-state index contributed by atoms with van der Waals surface area (Å²) in [4.78, 5) is 18.4. The summed E-state index contributed by atoms with van der Waals surface area (Å²) in [6, 6.07) is 0. The molecule has 2 heterocycles. The van der Waals surface area contributed by atoms with E-state index in [1.807, 2.05) is 6.92 Å². The van der Waals surface area contributed by atoms with E-state index >= 15 is 0 Å². The second kappa shape index (κ2) is 2.58. The summed E-state index contributed by atoms with van der Waals surface area (Å²) < 4.78 is 1.60. The van der Waals surface area contributed by atoms with E-state index in [-0.39, 0.29) is 6.42 Å². The zero-order chi connectivity index (χ0) is 9.42. The molecule has 0 saturated heterocycles. The van der Waals surface area contributed by atoms with Crippen molar-refractivity contribution in [3.63, 3.8) is 0 Å². The largest absolute Gasteiger partial charge is 0.481 e. The summed E-state index contributed by atoms with van der Waals surface area (Å²) in [6.45, 7) is 1.81. The normalized spacial score (nSPS) is 10.8. The van der Waals surface area contributed by atoms with Crippen LogP contribution < -0.4 is 0 Å². The standard InChI is InChI=1S/C7H8N4O2/c1-4-8-7-9-5(2-6(12)13)3-11(7)10-4/h3H,2H2,1H3,(H,12,13)(H,8,9,10).